The molecule has 1 atom stereocenters. The molecule has 32 heavy (non-hydrogen) atoms. The van der Waals surface area contributed by atoms with Gasteiger partial charge in [-0.25, -0.2) is 9.78 Å². The zero-order chi connectivity index (χ0) is 22.7. The molecular formula is C26H24N2O4. The van der Waals surface area contributed by atoms with E-state index < -0.39 is 12.1 Å². The number of anilines is 1. The van der Waals surface area contributed by atoms with Gasteiger partial charge in [-0.15, -0.1) is 0 Å². The first-order chi connectivity index (χ1) is 15.5. The first-order valence-electron chi connectivity index (χ1n) is 10.5. The van der Waals surface area contributed by atoms with E-state index in [0.29, 0.717) is 34.7 Å². The average Bonchev–Trinajstić information content (AvgIpc) is 3.24. The van der Waals surface area contributed by atoms with Crippen LogP contribution in [0.2, 0.25) is 0 Å². The molecule has 6 nitrogen and oxygen atoms in total. The number of carbonyl (C=O) groups is 2. The number of oxazole rings is 1. The molecule has 0 aliphatic carbocycles. The maximum atomic E-state index is 13.0. The van der Waals surface area contributed by atoms with E-state index in [1.165, 1.54) is 0 Å². The van der Waals surface area contributed by atoms with Gasteiger partial charge in [-0.05, 0) is 67.8 Å². The van der Waals surface area contributed by atoms with E-state index in [9.17, 15) is 9.59 Å². The number of para-hydroxylation sites is 2. The lowest BCUT2D eigenvalue weighted by atomic mass is 10.1. The largest absolute Gasteiger partial charge is 0.449 e. The molecule has 0 fully saturated rings. The molecule has 4 rings (SSSR count). The Morgan fingerprint density at radius 1 is 1.00 bits per heavy atom. The smallest absolute Gasteiger partial charge is 0.339 e. The number of hydrogen-bond donors (Lipinski definition) is 1. The summed E-state index contributed by atoms with van der Waals surface area (Å²) in [6, 6.07) is 20.0. The SMILES string of the molecule is CCC(OC(=O)c1ccccc1-c1nc2ccccc2o1)C(=O)Nc1ccc(C)c(C)c1. The number of nitrogens with zero attached hydrogens (tertiary/aromatic N) is 1. The van der Waals surface area contributed by atoms with Crippen LogP contribution >= 0.6 is 0 Å². The van der Waals surface area contributed by atoms with Crippen molar-refractivity contribution in [3.8, 4) is 11.5 Å². The molecule has 0 radical (unpaired) electrons. The lowest BCUT2D eigenvalue weighted by Gasteiger charge is -2.17. The van der Waals surface area contributed by atoms with Crippen LogP contribution in [0.1, 0.15) is 34.8 Å². The molecule has 1 N–H and O–H groups in total. The number of nitrogens with one attached hydrogen (secondary N) is 1. The number of fused-ring (bicyclic) bond motifs is 1. The number of ether oxygens (including phenoxy) is 1. The number of rotatable bonds is 6. The van der Waals surface area contributed by atoms with E-state index in [1.54, 1.807) is 31.2 Å². The van der Waals surface area contributed by atoms with Gasteiger partial charge in [-0.3, -0.25) is 4.79 Å². The predicted molar refractivity (Wildman–Crippen MR) is 123 cm³/mol. The molecule has 1 unspecified atom stereocenters. The van der Waals surface area contributed by atoms with Crippen LogP contribution in [0.4, 0.5) is 5.69 Å². The van der Waals surface area contributed by atoms with E-state index in [1.807, 2.05) is 56.3 Å². The van der Waals surface area contributed by atoms with Gasteiger partial charge in [-0.1, -0.05) is 37.3 Å². The van der Waals surface area contributed by atoms with Crippen LogP contribution in [0.5, 0.6) is 0 Å². The van der Waals surface area contributed by atoms with Crippen molar-refractivity contribution in [1.29, 1.82) is 0 Å². The highest BCUT2D eigenvalue weighted by molar-refractivity contribution is 6.00. The number of benzene rings is 3. The number of amides is 1. The van der Waals surface area contributed by atoms with Crippen molar-refractivity contribution < 1.29 is 18.7 Å². The number of esters is 1. The standard InChI is InChI=1S/C26H24N2O4/c1-4-22(24(29)27-18-14-13-16(2)17(3)15-18)32-26(30)20-10-6-5-9-19(20)25-28-21-11-7-8-12-23(21)31-25/h5-15,22H,4H2,1-3H3,(H,27,29). The summed E-state index contributed by atoms with van der Waals surface area (Å²) in [4.78, 5) is 30.2. The Morgan fingerprint density at radius 3 is 2.50 bits per heavy atom. The quantitative estimate of drug-likeness (QED) is 0.399. The normalized spacial score (nSPS) is 11.8. The highest BCUT2D eigenvalue weighted by atomic mass is 16.5. The minimum atomic E-state index is -0.930. The van der Waals surface area contributed by atoms with Crippen molar-refractivity contribution in [2.24, 2.45) is 0 Å². The molecule has 6 heteroatoms. The van der Waals surface area contributed by atoms with Crippen LogP contribution in [-0.4, -0.2) is 23.0 Å². The van der Waals surface area contributed by atoms with Gasteiger partial charge in [0.25, 0.3) is 5.91 Å². The Kier molecular flexibility index (Phi) is 6.03. The topological polar surface area (TPSA) is 81.4 Å². The zero-order valence-electron chi connectivity index (χ0n) is 18.2. The fourth-order valence-corrected chi connectivity index (χ4v) is 3.39. The Hall–Kier alpha value is -3.93. The van der Waals surface area contributed by atoms with Crippen LogP contribution in [0, 0.1) is 13.8 Å². The van der Waals surface area contributed by atoms with Crippen LogP contribution in [0.3, 0.4) is 0 Å². The monoisotopic (exact) mass is 428 g/mol. The molecule has 1 aromatic heterocycles. The van der Waals surface area contributed by atoms with Crippen molar-refractivity contribution in [1.82, 2.24) is 4.98 Å². The first kappa shape index (κ1) is 21.3. The van der Waals surface area contributed by atoms with E-state index in [2.05, 4.69) is 10.3 Å². The number of aromatic nitrogens is 1. The first-order valence-corrected chi connectivity index (χ1v) is 10.5. The Morgan fingerprint density at radius 2 is 1.75 bits per heavy atom. The molecule has 0 aliphatic heterocycles. The highest BCUT2D eigenvalue weighted by Gasteiger charge is 2.25. The summed E-state index contributed by atoms with van der Waals surface area (Å²) >= 11 is 0. The Balaban J connectivity index is 1.55. The van der Waals surface area contributed by atoms with Crippen molar-refractivity contribution in [2.75, 3.05) is 5.32 Å². The van der Waals surface area contributed by atoms with Gasteiger partial charge < -0.3 is 14.5 Å². The molecule has 3 aromatic carbocycles. The number of aryl methyl sites for hydroxylation is 2. The molecule has 4 aromatic rings. The third-order valence-corrected chi connectivity index (χ3v) is 5.36. The summed E-state index contributed by atoms with van der Waals surface area (Å²) in [7, 11) is 0. The third-order valence-electron chi connectivity index (χ3n) is 5.36. The molecular weight excluding hydrogens is 404 g/mol. The molecule has 0 saturated carbocycles. The predicted octanol–water partition coefficient (Wildman–Crippen LogP) is 5.69. The van der Waals surface area contributed by atoms with Crippen LogP contribution in [0.15, 0.2) is 71.1 Å². The van der Waals surface area contributed by atoms with Gasteiger partial charge in [0.05, 0.1) is 11.1 Å². The van der Waals surface area contributed by atoms with E-state index in [4.69, 9.17) is 9.15 Å². The van der Waals surface area contributed by atoms with Gasteiger partial charge in [0.15, 0.2) is 11.7 Å². The minimum Gasteiger partial charge on any atom is -0.449 e. The van der Waals surface area contributed by atoms with Crippen molar-refractivity contribution in [3.05, 3.63) is 83.4 Å². The van der Waals surface area contributed by atoms with Gasteiger partial charge in [0.1, 0.15) is 5.52 Å². The molecule has 0 saturated heterocycles. The number of hydrogen-bond acceptors (Lipinski definition) is 5. The van der Waals surface area contributed by atoms with Crippen molar-refractivity contribution in [2.45, 2.75) is 33.3 Å². The third kappa shape index (κ3) is 4.39. The summed E-state index contributed by atoms with van der Waals surface area (Å²) < 4.78 is 11.4. The summed E-state index contributed by atoms with van der Waals surface area (Å²) in [5.74, 6) is -0.653. The molecule has 1 heterocycles. The molecule has 162 valence electrons. The summed E-state index contributed by atoms with van der Waals surface area (Å²) in [5, 5.41) is 2.83. The van der Waals surface area contributed by atoms with Gasteiger partial charge in [0.2, 0.25) is 5.89 Å². The average molecular weight is 428 g/mol. The maximum Gasteiger partial charge on any atom is 0.339 e. The lowest BCUT2D eigenvalue weighted by molar-refractivity contribution is -0.124. The minimum absolute atomic E-state index is 0.288. The second-order valence-corrected chi connectivity index (χ2v) is 7.62. The zero-order valence-corrected chi connectivity index (χ0v) is 18.2. The lowest BCUT2D eigenvalue weighted by Crippen LogP contribution is -2.32. The van der Waals surface area contributed by atoms with Crippen LogP contribution in [-0.2, 0) is 9.53 Å². The van der Waals surface area contributed by atoms with Gasteiger partial charge in [-0.2, -0.15) is 0 Å². The van der Waals surface area contributed by atoms with Gasteiger partial charge in [0, 0.05) is 5.69 Å². The summed E-state index contributed by atoms with van der Waals surface area (Å²) in [6.45, 7) is 5.78. The van der Waals surface area contributed by atoms with E-state index in [0.717, 1.165) is 11.1 Å². The fraction of sp³-hybridized carbons (Fsp3) is 0.192. The van der Waals surface area contributed by atoms with Gasteiger partial charge >= 0.3 is 5.97 Å². The molecule has 0 bridgehead atoms. The van der Waals surface area contributed by atoms with Crippen LogP contribution < -0.4 is 5.32 Å². The Bertz CT molecular complexity index is 1260. The summed E-state index contributed by atoms with van der Waals surface area (Å²) in [5.41, 5.74) is 5.00. The Labute approximate surface area is 186 Å². The maximum absolute atomic E-state index is 13.0. The molecule has 0 aliphatic rings. The van der Waals surface area contributed by atoms with Crippen molar-refractivity contribution >= 4 is 28.7 Å². The number of carbonyl (C=O) groups excluding carboxylic acids is 2. The second kappa shape index (κ2) is 9.06. The van der Waals surface area contributed by atoms with E-state index >= 15 is 0 Å². The second-order valence-electron chi connectivity index (χ2n) is 7.62. The highest BCUT2D eigenvalue weighted by Crippen LogP contribution is 2.28. The molecule has 0 spiro atoms. The van der Waals surface area contributed by atoms with Crippen LogP contribution in [0.25, 0.3) is 22.6 Å². The fourth-order valence-electron chi connectivity index (χ4n) is 3.39. The van der Waals surface area contributed by atoms with E-state index in [-0.39, 0.29) is 11.5 Å². The van der Waals surface area contributed by atoms with Crippen molar-refractivity contribution in [3.63, 3.8) is 0 Å². The summed E-state index contributed by atoms with van der Waals surface area (Å²) in [6.07, 6.45) is -0.589. The molecule has 1 amide bonds.